The standard InChI is InChI=1S/C14H24N2O5/c1-4-21-13(20)10-5-7-16(8-6-10)12(19)11(18)15-14(2,3)9-17/h10,17H,4-9H2,1-3H3,(H,15,18). The lowest BCUT2D eigenvalue weighted by molar-refractivity contribution is -0.153. The number of nitrogens with one attached hydrogen (secondary N) is 1. The lowest BCUT2D eigenvalue weighted by atomic mass is 9.97. The van der Waals surface area contributed by atoms with E-state index in [0.717, 1.165) is 0 Å². The third kappa shape index (κ3) is 5.00. The van der Waals surface area contributed by atoms with Crippen LogP contribution in [0.5, 0.6) is 0 Å². The normalized spacial score (nSPS) is 16.5. The first-order valence-corrected chi connectivity index (χ1v) is 7.19. The topological polar surface area (TPSA) is 95.9 Å². The minimum Gasteiger partial charge on any atom is -0.466 e. The molecule has 7 heteroatoms. The van der Waals surface area contributed by atoms with E-state index in [4.69, 9.17) is 9.84 Å². The largest absolute Gasteiger partial charge is 0.466 e. The zero-order valence-corrected chi connectivity index (χ0v) is 12.8. The Labute approximate surface area is 124 Å². The molecule has 0 spiro atoms. The number of hydrogen-bond donors (Lipinski definition) is 2. The summed E-state index contributed by atoms with van der Waals surface area (Å²) in [6, 6.07) is 0. The first-order chi connectivity index (χ1) is 9.80. The number of hydrogen-bond acceptors (Lipinski definition) is 5. The number of nitrogens with zero attached hydrogens (tertiary/aromatic N) is 1. The molecule has 1 heterocycles. The van der Waals surface area contributed by atoms with E-state index in [1.165, 1.54) is 4.90 Å². The van der Waals surface area contributed by atoms with Gasteiger partial charge in [0.1, 0.15) is 0 Å². The number of likely N-dealkylation sites (tertiary alicyclic amines) is 1. The van der Waals surface area contributed by atoms with Crippen LogP contribution in [0.2, 0.25) is 0 Å². The van der Waals surface area contributed by atoms with Gasteiger partial charge >= 0.3 is 17.8 Å². The van der Waals surface area contributed by atoms with E-state index in [1.54, 1.807) is 20.8 Å². The Morgan fingerprint density at radius 1 is 1.29 bits per heavy atom. The molecular formula is C14H24N2O5. The van der Waals surface area contributed by atoms with Gasteiger partial charge in [0.25, 0.3) is 0 Å². The second-order valence-corrected chi connectivity index (χ2v) is 5.81. The quantitative estimate of drug-likeness (QED) is 0.548. The molecule has 1 aliphatic heterocycles. The van der Waals surface area contributed by atoms with Crippen LogP contribution >= 0.6 is 0 Å². The first kappa shape index (κ1) is 17.4. The number of carbonyl (C=O) groups is 3. The first-order valence-electron chi connectivity index (χ1n) is 7.19. The molecule has 0 radical (unpaired) electrons. The van der Waals surface area contributed by atoms with Crippen molar-refractivity contribution in [1.29, 1.82) is 0 Å². The van der Waals surface area contributed by atoms with Crippen molar-refractivity contribution in [2.24, 2.45) is 5.92 Å². The maximum absolute atomic E-state index is 12.0. The minimum absolute atomic E-state index is 0.203. The number of rotatable bonds is 4. The fourth-order valence-corrected chi connectivity index (χ4v) is 2.12. The molecular weight excluding hydrogens is 276 g/mol. The van der Waals surface area contributed by atoms with Crippen molar-refractivity contribution in [3.8, 4) is 0 Å². The van der Waals surface area contributed by atoms with Crippen molar-refractivity contribution < 1.29 is 24.2 Å². The second-order valence-electron chi connectivity index (χ2n) is 5.81. The molecule has 0 bridgehead atoms. The molecule has 21 heavy (non-hydrogen) atoms. The number of carbonyl (C=O) groups excluding carboxylic acids is 3. The number of amides is 2. The summed E-state index contributed by atoms with van der Waals surface area (Å²) in [5.41, 5.74) is -0.837. The second kappa shape index (κ2) is 7.40. The highest BCUT2D eigenvalue weighted by atomic mass is 16.5. The maximum Gasteiger partial charge on any atom is 0.311 e. The van der Waals surface area contributed by atoms with Gasteiger partial charge in [-0.15, -0.1) is 0 Å². The molecule has 1 fully saturated rings. The molecule has 0 atom stereocenters. The summed E-state index contributed by atoms with van der Waals surface area (Å²) in [4.78, 5) is 36.9. The molecule has 0 aromatic heterocycles. The summed E-state index contributed by atoms with van der Waals surface area (Å²) < 4.78 is 4.96. The van der Waals surface area contributed by atoms with Gasteiger partial charge in [-0.05, 0) is 33.6 Å². The Morgan fingerprint density at radius 3 is 2.33 bits per heavy atom. The predicted molar refractivity (Wildman–Crippen MR) is 75.2 cm³/mol. The van der Waals surface area contributed by atoms with Crippen molar-refractivity contribution in [1.82, 2.24) is 10.2 Å². The Bertz CT molecular complexity index is 400. The third-order valence-corrected chi connectivity index (χ3v) is 3.44. The summed E-state index contributed by atoms with van der Waals surface area (Å²) in [7, 11) is 0. The van der Waals surface area contributed by atoms with Gasteiger partial charge in [-0.2, -0.15) is 0 Å². The van der Waals surface area contributed by atoms with Gasteiger partial charge in [-0.3, -0.25) is 14.4 Å². The Morgan fingerprint density at radius 2 is 1.86 bits per heavy atom. The fourth-order valence-electron chi connectivity index (χ4n) is 2.12. The summed E-state index contributed by atoms with van der Waals surface area (Å²) in [5.74, 6) is -1.80. The number of aliphatic hydroxyl groups excluding tert-OH is 1. The average Bonchev–Trinajstić information content (AvgIpc) is 2.46. The highest BCUT2D eigenvalue weighted by molar-refractivity contribution is 6.35. The van der Waals surface area contributed by atoms with Crippen molar-refractivity contribution in [2.45, 2.75) is 39.2 Å². The van der Waals surface area contributed by atoms with E-state index in [0.29, 0.717) is 32.5 Å². The molecule has 0 aromatic carbocycles. The van der Waals surface area contributed by atoms with Crippen LogP contribution in [-0.2, 0) is 19.1 Å². The van der Waals surface area contributed by atoms with E-state index < -0.39 is 17.4 Å². The van der Waals surface area contributed by atoms with Gasteiger partial charge in [0, 0.05) is 13.1 Å². The molecule has 0 aromatic rings. The molecule has 0 saturated carbocycles. The summed E-state index contributed by atoms with van der Waals surface area (Å²) in [6.45, 7) is 5.82. The van der Waals surface area contributed by atoms with Crippen LogP contribution in [0.25, 0.3) is 0 Å². The summed E-state index contributed by atoms with van der Waals surface area (Å²) >= 11 is 0. The van der Waals surface area contributed by atoms with Gasteiger partial charge in [0.05, 0.1) is 24.7 Å². The van der Waals surface area contributed by atoms with Gasteiger partial charge in [0.15, 0.2) is 0 Å². The van der Waals surface area contributed by atoms with Gasteiger partial charge in [0.2, 0.25) is 0 Å². The minimum atomic E-state index is -0.837. The smallest absolute Gasteiger partial charge is 0.311 e. The predicted octanol–water partition coefficient (Wildman–Crippen LogP) is -0.325. The Kier molecular flexibility index (Phi) is 6.14. The van der Waals surface area contributed by atoms with Gasteiger partial charge in [-0.1, -0.05) is 0 Å². The van der Waals surface area contributed by atoms with Crippen LogP contribution in [0.3, 0.4) is 0 Å². The van der Waals surface area contributed by atoms with E-state index in [-0.39, 0.29) is 18.5 Å². The van der Waals surface area contributed by atoms with Crippen molar-refractivity contribution >= 4 is 17.8 Å². The van der Waals surface area contributed by atoms with E-state index in [9.17, 15) is 14.4 Å². The van der Waals surface area contributed by atoms with Crippen LogP contribution < -0.4 is 5.32 Å². The maximum atomic E-state index is 12.0. The zero-order chi connectivity index (χ0) is 16.0. The lowest BCUT2D eigenvalue weighted by Crippen LogP contribution is -2.53. The number of piperidine rings is 1. The molecule has 0 unspecified atom stereocenters. The van der Waals surface area contributed by atoms with Crippen molar-refractivity contribution in [3.05, 3.63) is 0 Å². The van der Waals surface area contributed by atoms with Gasteiger partial charge < -0.3 is 20.1 Å². The highest BCUT2D eigenvalue weighted by Crippen LogP contribution is 2.18. The molecule has 1 aliphatic rings. The lowest BCUT2D eigenvalue weighted by Gasteiger charge is -2.31. The van der Waals surface area contributed by atoms with Crippen LogP contribution in [-0.4, -0.2) is 59.6 Å². The van der Waals surface area contributed by atoms with Crippen LogP contribution in [0.15, 0.2) is 0 Å². The molecule has 2 amide bonds. The highest BCUT2D eigenvalue weighted by Gasteiger charge is 2.32. The zero-order valence-electron chi connectivity index (χ0n) is 12.8. The number of esters is 1. The van der Waals surface area contributed by atoms with Crippen LogP contribution in [0.1, 0.15) is 33.6 Å². The molecule has 7 nitrogen and oxygen atoms in total. The van der Waals surface area contributed by atoms with E-state index in [1.807, 2.05) is 0 Å². The average molecular weight is 300 g/mol. The molecule has 1 saturated heterocycles. The number of aliphatic hydroxyl groups is 1. The van der Waals surface area contributed by atoms with Crippen LogP contribution in [0.4, 0.5) is 0 Å². The summed E-state index contributed by atoms with van der Waals surface area (Å²) in [5, 5.41) is 11.6. The summed E-state index contributed by atoms with van der Waals surface area (Å²) in [6.07, 6.45) is 1.00. The third-order valence-electron chi connectivity index (χ3n) is 3.44. The Balaban J connectivity index is 2.48. The van der Waals surface area contributed by atoms with Crippen LogP contribution in [0, 0.1) is 5.92 Å². The van der Waals surface area contributed by atoms with Gasteiger partial charge in [-0.25, -0.2) is 0 Å². The van der Waals surface area contributed by atoms with E-state index >= 15 is 0 Å². The molecule has 1 rings (SSSR count). The fraction of sp³-hybridized carbons (Fsp3) is 0.786. The molecule has 120 valence electrons. The monoisotopic (exact) mass is 300 g/mol. The SMILES string of the molecule is CCOC(=O)C1CCN(C(=O)C(=O)NC(C)(C)CO)CC1. The van der Waals surface area contributed by atoms with Crippen molar-refractivity contribution in [3.63, 3.8) is 0 Å². The molecule has 0 aliphatic carbocycles. The molecule has 2 N–H and O–H groups in total. The van der Waals surface area contributed by atoms with Crippen molar-refractivity contribution in [2.75, 3.05) is 26.3 Å². The Hall–Kier alpha value is -1.63. The van der Waals surface area contributed by atoms with E-state index in [2.05, 4.69) is 5.32 Å². The number of ether oxygens (including phenoxy) is 1.